The summed E-state index contributed by atoms with van der Waals surface area (Å²) in [5.41, 5.74) is 8.44. The molecule has 1 aromatic rings. The first-order valence-electron chi connectivity index (χ1n) is 7.13. The molecule has 102 valence electrons. The zero-order valence-electron chi connectivity index (χ0n) is 11.7. The van der Waals surface area contributed by atoms with Crippen molar-refractivity contribution in [3.63, 3.8) is 0 Å². The molecule has 18 heavy (non-hydrogen) atoms. The third-order valence-corrected chi connectivity index (χ3v) is 3.22. The van der Waals surface area contributed by atoms with Crippen LogP contribution >= 0.6 is 0 Å². The van der Waals surface area contributed by atoms with Crippen LogP contribution in [0.5, 0.6) is 0 Å². The van der Waals surface area contributed by atoms with Gasteiger partial charge in [-0.25, -0.2) is 0 Å². The van der Waals surface area contributed by atoms with E-state index in [2.05, 4.69) is 24.3 Å². The van der Waals surface area contributed by atoms with Gasteiger partial charge in [-0.3, -0.25) is 0 Å². The number of aryl methyl sites for hydroxylation is 2. The lowest BCUT2D eigenvalue weighted by Gasteiger charge is -2.05. The van der Waals surface area contributed by atoms with Crippen LogP contribution in [0, 0.1) is 0 Å². The van der Waals surface area contributed by atoms with Crippen LogP contribution < -0.4 is 5.73 Å². The van der Waals surface area contributed by atoms with Crippen molar-refractivity contribution in [1.82, 2.24) is 0 Å². The summed E-state index contributed by atoms with van der Waals surface area (Å²) in [6.07, 6.45) is 8.44. The van der Waals surface area contributed by atoms with E-state index >= 15 is 0 Å². The van der Waals surface area contributed by atoms with E-state index in [9.17, 15) is 0 Å². The van der Waals surface area contributed by atoms with Crippen molar-refractivity contribution in [2.24, 2.45) is 5.73 Å². The van der Waals surface area contributed by atoms with Gasteiger partial charge in [0.05, 0.1) is 0 Å². The molecule has 1 rings (SSSR count). The molecular formula is C16H27NO. The molecule has 0 saturated heterocycles. The van der Waals surface area contributed by atoms with Crippen molar-refractivity contribution in [2.75, 3.05) is 20.3 Å². The molecule has 0 aromatic heterocycles. The molecule has 0 unspecified atom stereocenters. The summed E-state index contributed by atoms with van der Waals surface area (Å²) in [7, 11) is 1.77. The number of nitrogens with two attached hydrogens (primary N) is 1. The molecule has 0 amide bonds. The molecular weight excluding hydrogens is 222 g/mol. The molecule has 0 fully saturated rings. The van der Waals surface area contributed by atoms with Gasteiger partial charge in [0.1, 0.15) is 0 Å². The summed E-state index contributed by atoms with van der Waals surface area (Å²) < 4.78 is 5.05. The molecule has 2 heteroatoms. The predicted molar refractivity (Wildman–Crippen MR) is 77.9 cm³/mol. The maximum Gasteiger partial charge on any atom is 0.0462 e. The molecule has 0 spiro atoms. The van der Waals surface area contributed by atoms with E-state index in [1.807, 2.05) is 0 Å². The van der Waals surface area contributed by atoms with E-state index in [4.69, 9.17) is 10.5 Å². The zero-order chi connectivity index (χ0) is 13.1. The van der Waals surface area contributed by atoms with E-state index in [-0.39, 0.29) is 0 Å². The zero-order valence-corrected chi connectivity index (χ0v) is 11.7. The first-order chi connectivity index (χ1) is 8.86. The van der Waals surface area contributed by atoms with Crippen LogP contribution in [-0.2, 0) is 17.6 Å². The van der Waals surface area contributed by atoms with Gasteiger partial charge in [0.2, 0.25) is 0 Å². The highest BCUT2D eigenvalue weighted by Gasteiger charge is 1.97. The maximum atomic E-state index is 5.54. The molecule has 0 radical (unpaired) electrons. The molecule has 0 aliphatic carbocycles. The smallest absolute Gasteiger partial charge is 0.0462 e. The average molecular weight is 249 g/mol. The number of methoxy groups -OCH3 is 1. The van der Waals surface area contributed by atoms with E-state index in [0.29, 0.717) is 0 Å². The Kier molecular flexibility index (Phi) is 8.53. The van der Waals surface area contributed by atoms with Crippen molar-refractivity contribution in [1.29, 1.82) is 0 Å². The second-order valence-corrected chi connectivity index (χ2v) is 4.87. The minimum Gasteiger partial charge on any atom is -0.385 e. The van der Waals surface area contributed by atoms with Crippen molar-refractivity contribution in [2.45, 2.75) is 44.9 Å². The standard InChI is InChI=1S/C16H27NO/c1-18-13-5-3-2-4-8-15-9-6-10-16(14-15)11-7-12-17/h6,9-10,14H,2-5,7-8,11-13,17H2,1H3. The molecule has 0 atom stereocenters. The second kappa shape index (κ2) is 10.1. The highest BCUT2D eigenvalue weighted by Crippen LogP contribution is 2.11. The first-order valence-corrected chi connectivity index (χ1v) is 7.13. The van der Waals surface area contributed by atoms with Gasteiger partial charge in [0.15, 0.2) is 0 Å². The number of ether oxygens (including phenoxy) is 1. The van der Waals surface area contributed by atoms with Crippen LogP contribution in [0.1, 0.15) is 43.2 Å². The van der Waals surface area contributed by atoms with E-state index in [0.717, 1.165) is 26.0 Å². The number of rotatable bonds is 10. The van der Waals surface area contributed by atoms with E-state index < -0.39 is 0 Å². The highest BCUT2D eigenvalue weighted by atomic mass is 16.5. The Morgan fingerprint density at radius 2 is 1.61 bits per heavy atom. The minimum absolute atomic E-state index is 0.781. The van der Waals surface area contributed by atoms with Crippen LogP contribution in [0.3, 0.4) is 0 Å². The van der Waals surface area contributed by atoms with Crippen LogP contribution in [0.2, 0.25) is 0 Å². The largest absolute Gasteiger partial charge is 0.385 e. The molecule has 2 N–H and O–H groups in total. The normalized spacial score (nSPS) is 10.8. The Bertz CT molecular complexity index is 312. The Morgan fingerprint density at radius 1 is 0.944 bits per heavy atom. The van der Waals surface area contributed by atoms with Crippen molar-refractivity contribution in [3.05, 3.63) is 35.4 Å². The van der Waals surface area contributed by atoms with E-state index in [1.165, 1.54) is 43.2 Å². The SMILES string of the molecule is COCCCCCCc1cccc(CCCN)c1. The fourth-order valence-electron chi connectivity index (χ4n) is 2.18. The Labute approximate surface area is 112 Å². The third kappa shape index (κ3) is 6.77. The van der Waals surface area contributed by atoms with Gasteiger partial charge in [-0.2, -0.15) is 0 Å². The summed E-state index contributed by atoms with van der Waals surface area (Å²) in [5.74, 6) is 0. The Morgan fingerprint density at radius 3 is 2.28 bits per heavy atom. The summed E-state index contributed by atoms with van der Waals surface area (Å²) in [5, 5.41) is 0. The number of hydrogen-bond acceptors (Lipinski definition) is 2. The lowest BCUT2D eigenvalue weighted by Crippen LogP contribution is -2.00. The average Bonchev–Trinajstić information content (AvgIpc) is 2.41. The minimum atomic E-state index is 0.781. The second-order valence-electron chi connectivity index (χ2n) is 4.87. The van der Waals surface area contributed by atoms with Gasteiger partial charge < -0.3 is 10.5 Å². The number of unbranched alkanes of at least 4 members (excludes halogenated alkanes) is 3. The Balaban J connectivity index is 2.20. The summed E-state index contributed by atoms with van der Waals surface area (Å²) in [6.45, 7) is 1.68. The monoisotopic (exact) mass is 249 g/mol. The summed E-state index contributed by atoms with van der Waals surface area (Å²) in [4.78, 5) is 0. The lowest BCUT2D eigenvalue weighted by atomic mass is 10.0. The van der Waals surface area contributed by atoms with Crippen molar-refractivity contribution in [3.8, 4) is 0 Å². The Hall–Kier alpha value is -0.860. The predicted octanol–water partition coefficient (Wildman–Crippen LogP) is 3.33. The quantitative estimate of drug-likeness (QED) is 0.646. The van der Waals surface area contributed by atoms with E-state index in [1.54, 1.807) is 7.11 Å². The molecule has 0 heterocycles. The van der Waals surface area contributed by atoms with Gasteiger partial charge in [-0.05, 0) is 49.8 Å². The van der Waals surface area contributed by atoms with Crippen LogP contribution in [-0.4, -0.2) is 20.3 Å². The van der Waals surface area contributed by atoms with Gasteiger partial charge >= 0.3 is 0 Å². The summed E-state index contributed by atoms with van der Waals surface area (Å²) >= 11 is 0. The van der Waals surface area contributed by atoms with Crippen LogP contribution in [0.25, 0.3) is 0 Å². The fourth-order valence-corrected chi connectivity index (χ4v) is 2.18. The van der Waals surface area contributed by atoms with Crippen LogP contribution in [0.4, 0.5) is 0 Å². The molecule has 0 aliphatic rings. The number of hydrogen-bond donors (Lipinski definition) is 1. The molecule has 0 aliphatic heterocycles. The first kappa shape index (κ1) is 15.2. The van der Waals surface area contributed by atoms with Gasteiger partial charge in [0.25, 0.3) is 0 Å². The summed E-state index contributed by atoms with van der Waals surface area (Å²) in [6, 6.07) is 8.95. The number of benzene rings is 1. The van der Waals surface area contributed by atoms with Gasteiger partial charge in [-0.1, -0.05) is 37.1 Å². The lowest BCUT2D eigenvalue weighted by molar-refractivity contribution is 0.192. The maximum absolute atomic E-state index is 5.54. The van der Waals surface area contributed by atoms with Crippen molar-refractivity contribution < 1.29 is 4.74 Å². The van der Waals surface area contributed by atoms with Crippen molar-refractivity contribution >= 4 is 0 Å². The van der Waals surface area contributed by atoms with Gasteiger partial charge in [-0.15, -0.1) is 0 Å². The molecule has 0 saturated carbocycles. The fraction of sp³-hybridized carbons (Fsp3) is 0.625. The molecule has 2 nitrogen and oxygen atoms in total. The molecule has 0 bridgehead atoms. The molecule has 1 aromatic carbocycles. The van der Waals surface area contributed by atoms with Gasteiger partial charge in [0, 0.05) is 13.7 Å². The topological polar surface area (TPSA) is 35.2 Å². The van der Waals surface area contributed by atoms with Crippen LogP contribution in [0.15, 0.2) is 24.3 Å². The third-order valence-electron chi connectivity index (χ3n) is 3.22. The highest BCUT2D eigenvalue weighted by molar-refractivity contribution is 5.23.